The number of fused-ring (bicyclic) bond motifs is 1. The molecule has 9 nitrogen and oxygen atoms in total. The van der Waals surface area contributed by atoms with Crippen LogP contribution in [0.1, 0.15) is 30.7 Å². The normalized spacial score (nSPS) is 18.4. The molecule has 2 aliphatic heterocycles. The second-order valence-corrected chi connectivity index (χ2v) is 9.71. The molecule has 30 heavy (non-hydrogen) atoms. The van der Waals surface area contributed by atoms with Crippen LogP contribution in [0.15, 0.2) is 27.5 Å². The lowest BCUT2D eigenvalue weighted by Gasteiger charge is -2.34. The zero-order chi connectivity index (χ0) is 21.3. The summed E-state index contributed by atoms with van der Waals surface area (Å²) in [5.41, 5.74) is 1.75. The van der Waals surface area contributed by atoms with Crippen molar-refractivity contribution in [1.82, 2.24) is 19.4 Å². The average Bonchev–Trinajstić information content (AvgIpc) is 3.16. The van der Waals surface area contributed by atoms with Crippen LogP contribution in [0.5, 0.6) is 0 Å². The largest absolute Gasteiger partial charge is 0.426 e. The summed E-state index contributed by atoms with van der Waals surface area (Å²) in [6, 6.07) is 5.13. The molecule has 0 saturated carbocycles. The first-order valence-electron chi connectivity index (χ1n) is 10.3. The molecule has 1 aromatic heterocycles. The van der Waals surface area contributed by atoms with Gasteiger partial charge in [0.1, 0.15) is 0 Å². The lowest BCUT2D eigenvalue weighted by atomic mass is 10.0. The number of anilines is 1. The van der Waals surface area contributed by atoms with Crippen LogP contribution in [0.4, 0.5) is 5.69 Å². The number of amides is 1. The highest BCUT2D eigenvalue weighted by Gasteiger charge is 2.30. The number of hydrogen-bond acceptors (Lipinski definition) is 7. The van der Waals surface area contributed by atoms with Crippen molar-refractivity contribution in [1.29, 1.82) is 0 Å². The van der Waals surface area contributed by atoms with Gasteiger partial charge in [-0.3, -0.25) is 4.79 Å². The Morgan fingerprint density at radius 2 is 1.90 bits per heavy atom. The van der Waals surface area contributed by atoms with E-state index in [2.05, 4.69) is 15.1 Å². The van der Waals surface area contributed by atoms with E-state index in [9.17, 15) is 13.2 Å². The van der Waals surface area contributed by atoms with Crippen molar-refractivity contribution in [2.45, 2.75) is 38.0 Å². The Kier molecular flexibility index (Phi) is 5.90. The molecule has 0 N–H and O–H groups in total. The van der Waals surface area contributed by atoms with Crippen LogP contribution in [0.3, 0.4) is 0 Å². The predicted molar refractivity (Wildman–Crippen MR) is 111 cm³/mol. The number of piperazine rings is 1. The highest BCUT2D eigenvalue weighted by molar-refractivity contribution is 7.89. The van der Waals surface area contributed by atoms with Crippen LogP contribution in [0, 0.1) is 6.92 Å². The summed E-state index contributed by atoms with van der Waals surface area (Å²) >= 11 is 0. The van der Waals surface area contributed by atoms with Crippen LogP contribution in [0.25, 0.3) is 0 Å². The highest BCUT2D eigenvalue weighted by atomic mass is 32.2. The van der Waals surface area contributed by atoms with Crippen molar-refractivity contribution < 1.29 is 17.6 Å². The van der Waals surface area contributed by atoms with E-state index in [1.165, 1.54) is 0 Å². The first kappa shape index (κ1) is 21.0. The van der Waals surface area contributed by atoms with Gasteiger partial charge in [0, 0.05) is 65.2 Å². The third-order valence-corrected chi connectivity index (χ3v) is 7.62. The Bertz CT molecular complexity index is 1030. The lowest BCUT2D eigenvalue weighted by molar-refractivity contribution is -0.116. The summed E-state index contributed by atoms with van der Waals surface area (Å²) in [6.45, 7) is 6.96. The number of aromatic nitrogens is 2. The first-order valence-corrected chi connectivity index (χ1v) is 11.7. The van der Waals surface area contributed by atoms with Gasteiger partial charge in [0.25, 0.3) is 0 Å². The molecule has 10 heteroatoms. The van der Waals surface area contributed by atoms with Crippen molar-refractivity contribution >= 4 is 21.6 Å². The van der Waals surface area contributed by atoms with E-state index in [1.807, 2.05) is 0 Å². The maximum Gasteiger partial charge on any atom is 0.243 e. The standard InChI is InChI=1S/C20H27N5O4S/c1-15-21-22-20(29-15)7-9-23-10-12-24(13-11-23)30(27,28)18-5-6-19-17(14-18)4-3-8-25(19)16(2)26/h5-6,14H,3-4,7-13H2,1-2H3. The molecule has 1 fully saturated rings. The molecular formula is C20H27N5O4S. The monoisotopic (exact) mass is 433 g/mol. The number of benzene rings is 1. The van der Waals surface area contributed by atoms with Crippen LogP contribution in [-0.2, 0) is 27.7 Å². The van der Waals surface area contributed by atoms with E-state index in [1.54, 1.807) is 41.3 Å². The van der Waals surface area contributed by atoms with E-state index >= 15 is 0 Å². The number of sulfonamides is 1. The van der Waals surface area contributed by atoms with Crippen molar-refractivity contribution in [2.75, 3.05) is 44.2 Å². The molecule has 3 heterocycles. The van der Waals surface area contributed by atoms with Gasteiger partial charge in [-0.05, 0) is 36.6 Å². The predicted octanol–water partition coefficient (Wildman–Crippen LogP) is 1.23. The minimum atomic E-state index is -3.56. The van der Waals surface area contributed by atoms with E-state index in [-0.39, 0.29) is 5.91 Å². The zero-order valence-electron chi connectivity index (χ0n) is 17.4. The van der Waals surface area contributed by atoms with Gasteiger partial charge in [-0.2, -0.15) is 4.31 Å². The fraction of sp³-hybridized carbons (Fsp3) is 0.550. The maximum absolute atomic E-state index is 13.2. The lowest BCUT2D eigenvalue weighted by Crippen LogP contribution is -2.49. The molecule has 1 saturated heterocycles. The van der Waals surface area contributed by atoms with Crippen molar-refractivity contribution in [3.8, 4) is 0 Å². The molecule has 2 aliphatic rings. The number of hydrogen-bond donors (Lipinski definition) is 0. The summed E-state index contributed by atoms with van der Waals surface area (Å²) in [5, 5.41) is 7.83. The van der Waals surface area contributed by atoms with Crippen molar-refractivity contribution in [3.05, 3.63) is 35.5 Å². The Labute approximate surface area is 176 Å². The van der Waals surface area contributed by atoms with E-state index in [4.69, 9.17) is 4.42 Å². The molecule has 4 rings (SSSR count). The second kappa shape index (κ2) is 8.44. The molecule has 0 bridgehead atoms. The van der Waals surface area contributed by atoms with Crippen LogP contribution in [-0.4, -0.2) is 73.0 Å². The van der Waals surface area contributed by atoms with Gasteiger partial charge in [0.05, 0.1) is 4.90 Å². The summed E-state index contributed by atoms with van der Waals surface area (Å²) in [7, 11) is -3.56. The molecule has 0 atom stereocenters. The Morgan fingerprint density at radius 1 is 1.13 bits per heavy atom. The molecule has 0 aliphatic carbocycles. The fourth-order valence-electron chi connectivity index (χ4n) is 4.10. The van der Waals surface area contributed by atoms with E-state index in [0.29, 0.717) is 55.8 Å². The summed E-state index contributed by atoms with van der Waals surface area (Å²) in [6.07, 6.45) is 2.28. The van der Waals surface area contributed by atoms with Crippen LogP contribution >= 0.6 is 0 Å². The number of carbonyl (C=O) groups is 1. The van der Waals surface area contributed by atoms with E-state index < -0.39 is 10.0 Å². The SMILES string of the molecule is CC(=O)N1CCCc2cc(S(=O)(=O)N3CCN(CCc4nnc(C)o4)CC3)ccc21. The third-order valence-electron chi connectivity index (χ3n) is 5.73. The number of aryl methyl sites for hydroxylation is 2. The van der Waals surface area contributed by atoms with Gasteiger partial charge in [-0.15, -0.1) is 10.2 Å². The van der Waals surface area contributed by atoms with Gasteiger partial charge in [-0.25, -0.2) is 8.42 Å². The van der Waals surface area contributed by atoms with E-state index in [0.717, 1.165) is 30.6 Å². The van der Waals surface area contributed by atoms with Gasteiger partial charge < -0.3 is 14.2 Å². The first-order chi connectivity index (χ1) is 14.3. The fourth-order valence-corrected chi connectivity index (χ4v) is 5.57. The third kappa shape index (κ3) is 4.26. The average molecular weight is 434 g/mol. The summed E-state index contributed by atoms with van der Waals surface area (Å²) in [5.74, 6) is 1.15. The molecule has 0 radical (unpaired) electrons. The van der Waals surface area contributed by atoms with Crippen LogP contribution in [0.2, 0.25) is 0 Å². The summed E-state index contributed by atoms with van der Waals surface area (Å²) < 4.78 is 33.3. The van der Waals surface area contributed by atoms with Crippen molar-refractivity contribution in [3.63, 3.8) is 0 Å². The molecule has 2 aromatic rings. The number of carbonyl (C=O) groups excluding carboxylic acids is 1. The number of nitrogens with zero attached hydrogens (tertiary/aromatic N) is 5. The Hall–Kier alpha value is -2.30. The number of rotatable bonds is 5. The second-order valence-electron chi connectivity index (χ2n) is 7.78. The van der Waals surface area contributed by atoms with Gasteiger partial charge in [0.15, 0.2) is 0 Å². The summed E-state index contributed by atoms with van der Waals surface area (Å²) in [4.78, 5) is 16.1. The van der Waals surface area contributed by atoms with Crippen molar-refractivity contribution in [2.24, 2.45) is 0 Å². The zero-order valence-corrected chi connectivity index (χ0v) is 18.2. The van der Waals surface area contributed by atoms with Gasteiger partial charge in [-0.1, -0.05) is 0 Å². The topological polar surface area (TPSA) is 99.9 Å². The maximum atomic E-state index is 13.2. The molecule has 1 aromatic carbocycles. The van der Waals surface area contributed by atoms with Gasteiger partial charge >= 0.3 is 0 Å². The molecule has 1 amide bonds. The molecule has 162 valence electrons. The molecule has 0 spiro atoms. The minimum Gasteiger partial charge on any atom is -0.426 e. The van der Waals surface area contributed by atoms with Crippen LogP contribution < -0.4 is 4.90 Å². The quantitative estimate of drug-likeness (QED) is 0.699. The molecule has 0 unspecified atom stereocenters. The smallest absolute Gasteiger partial charge is 0.243 e. The Morgan fingerprint density at radius 3 is 2.57 bits per heavy atom. The highest BCUT2D eigenvalue weighted by Crippen LogP contribution is 2.30. The molecular weight excluding hydrogens is 406 g/mol. The van der Waals surface area contributed by atoms with Gasteiger partial charge in [0.2, 0.25) is 27.7 Å². The Balaban J connectivity index is 1.40. The minimum absolute atomic E-state index is 0.0154.